The molecule has 0 aromatic heterocycles. The first-order valence-electron chi connectivity index (χ1n) is 9.91. The topological polar surface area (TPSA) is 99.2 Å². The maximum Gasteiger partial charge on any atom is 0.343 e. The number of β-lactam (4-membered cyclic amide) rings is 1. The lowest BCUT2D eigenvalue weighted by atomic mass is 9.88. The van der Waals surface area contributed by atoms with Crippen LogP contribution in [0.25, 0.3) is 6.08 Å². The number of allylic oxidation sites excluding steroid dienone is 1. The van der Waals surface area contributed by atoms with Crippen molar-refractivity contribution in [2.45, 2.75) is 45.4 Å². The molecule has 8 nitrogen and oxygen atoms in total. The van der Waals surface area contributed by atoms with Gasteiger partial charge in [0.15, 0.2) is 6.23 Å². The van der Waals surface area contributed by atoms with E-state index in [2.05, 4.69) is 0 Å². The first-order chi connectivity index (χ1) is 14.7. The van der Waals surface area contributed by atoms with Crippen molar-refractivity contribution in [3.63, 3.8) is 0 Å². The van der Waals surface area contributed by atoms with Gasteiger partial charge in [0.25, 0.3) is 0 Å². The lowest BCUT2D eigenvalue weighted by Crippen LogP contribution is -2.63. The zero-order valence-corrected chi connectivity index (χ0v) is 17.7. The third-order valence-corrected chi connectivity index (χ3v) is 5.06. The van der Waals surface area contributed by atoms with Gasteiger partial charge in [-0.05, 0) is 26.3 Å². The molecule has 8 heteroatoms. The molecule has 31 heavy (non-hydrogen) atoms. The lowest BCUT2D eigenvalue weighted by molar-refractivity contribution is -0.185. The summed E-state index contributed by atoms with van der Waals surface area (Å²) in [7, 11) is 0. The standard InChI is InChI=1S/C23H25NO7/c1-22(2,3)20(27)29-15-30-21(28)23(12-7-10-16-8-5-4-6-9-16)17(11-13-25)31-19-14-18(26)24(19)23/h4-11,13,19H,12,14-15H2,1-3H3/b10-7+,17-11-/t19-,23?/m1/s1. The van der Waals surface area contributed by atoms with Gasteiger partial charge < -0.3 is 14.2 Å². The van der Waals surface area contributed by atoms with Gasteiger partial charge in [-0.15, -0.1) is 0 Å². The highest BCUT2D eigenvalue weighted by molar-refractivity contribution is 5.96. The van der Waals surface area contributed by atoms with Crippen LogP contribution in [0.4, 0.5) is 0 Å². The van der Waals surface area contributed by atoms with E-state index in [0.717, 1.165) is 11.6 Å². The Hall–Kier alpha value is -3.42. The molecule has 1 aromatic carbocycles. The van der Waals surface area contributed by atoms with Crippen molar-refractivity contribution in [2.75, 3.05) is 6.79 Å². The van der Waals surface area contributed by atoms with Gasteiger partial charge in [0, 0.05) is 12.5 Å². The number of hydrogen-bond donors (Lipinski definition) is 0. The SMILES string of the molecule is CC(C)(C)C(=O)OCOC(=O)C1(C/C=C/c2ccccc2)/C(=C/C=O)O[C@@H]2CC(=O)N21. The number of hydrogen-bond acceptors (Lipinski definition) is 7. The summed E-state index contributed by atoms with van der Waals surface area (Å²) in [6.45, 7) is 4.41. The molecule has 3 rings (SSSR count). The second kappa shape index (κ2) is 8.75. The normalized spacial score (nSPS) is 23.8. The Morgan fingerprint density at radius 1 is 1.23 bits per heavy atom. The summed E-state index contributed by atoms with van der Waals surface area (Å²) in [6.07, 6.45) is 4.60. The number of ether oxygens (including phenoxy) is 3. The van der Waals surface area contributed by atoms with Crippen molar-refractivity contribution in [3.8, 4) is 0 Å². The number of benzene rings is 1. The van der Waals surface area contributed by atoms with E-state index in [1.807, 2.05) is 30.3 Å². The Morgan fingerprint density at radius 3 is 2.55 bits per heavy atom. The number of esters is 2. The molecule has 0 aliphatic carbocycles. The van der Waals surface area contributed by atoms with E-state index in [1.54, 1.807) is 32.9 Å². The number of nitrogens with zero attached hydrogens (tertiary/aromatic N) is 1. The summed E-state index contributed by atoms with van der Waals surface area (Å²) in [6, 6.07) is 9.40. The van der Waals surface area contributed by atoms with Crippen molar-refractivity contribution in [1.29, 1.82) is 0 Å². The summed E-state index contributed by atoms with van der Waals surface area (Å²) in [5.74, 6) is -1.64. The minimum absolute atomic E-state index is 0.0237. The third kappa shape index (κ3) is 4.38. The van der Waals surface area contributed by atoms with Crippen LogP contribution in [0.1, 0.15) is 39.2 Å². The molecule has 0 radical (unpaired) electrons. The van der Waals surface area contributed by atoms with Crippen molar-refractivity contribution in [1.82, 2.24) is 4.90 Å². The van der Waals surface area contributed by atoms with Gasteiger partial charge >= 0.3 is 11.9 Å². The van der Waals surface area contributed by atoms with Gasteiger partial charge in [-0.3, -0.25) is 19.3 Å². The van der Waals surface area contributed by atoms with Crippen molar-refractivity contribution in [3.05, 3.63) is 53.8 Å². The van der Waals surface area contributed by atoms with E-state index in [4.69, 9.17) is 14.2 Å². The predicted molar refractivity (Wildman–Crippen MR) is 110 cm³/mol. The van der Waals surface area contributed by atoms with Crippen LogP contribution in [0, 0.1) is 5.41 Å². The van der Waals surface area contributed by atoms with Crippen LogP contribution >= 0.6 is 0 Å². The van der Waals surface area contributed by atoms with Crippen LogP contribution in [0.15, 0.2) is 48.2 Å². The number of amides is 1. The molecule has 2 saturated heterocycles. The molecule has 0 bridgehead atoms. The number of carbonyl (C=O) groups excluding carboxylic acids is 4. The minimum atomic E-state index is -1.64. The molecule has 2 atom stereocenters. The average molecular weight is 427 g/mol. The second-order valence-electron chi connectivity index (χ2n) is 8.32. The van der Waals surface area contributed by atoms with Gasteiger partial charge in [0.05, 0.1) is 11.8 Å². The van der Waals surface area contributed by atoms with Crippen LogP contribution in [-0.4, -0.2) is 47.6 Å². The fraction of sp³-hybridized carbons (Fsp3) is 0.391. The summed E-state index contributed by atoms with van der Waals surface area (Å²) in [4.78, 5) is 50.0. The molecule has 2 heterocycles. The number of carbonyl (C=O) groups is 4. The van der Waals surface area contributed by atoms with E-state index >= 15 is 0 Å². The molecule has 1 amide bonds. The Morgan fingerprint density at radius 2 is 1.94 bits per heavy atom. The smallest absolute Gasteiger partial charge is 0.343 e. The predicted octanol–water partition coefficient (Wildman–Crippen LogP) is 2.59. The molecule has 2 aliphatic rings. The minimum Gasteiger partial charge on any atom is -0.471 e. The number of fused-ring (bicyclic) bond motifs is 1. The highest BCUT2D eigenvalue weighted by atomic mass is 16.7. The second-order valence-corrected chi connectivity index (χ2v) is 8.32. The van der Waals surface area contributed by atoms with E-state index in [1.165, 1.54) is 4.90 Å². The zero-order valence-electron chi connectivity index (χ0n) is 17.7. The van der Waals surface area contributed by atoms with E-state index in [-0.39, 0.29) is 24.5 Å². The van der Waals surface area contributed by atoms with Gasteiger partial charge in [0.2, 0.25) is 18.2 Å². The Labute approximate surface area is 180 Å². The molecule has 2 fully saturated rings. The maximum atomic E-state index is 13.2. The molecule has 0 saturated carbocycles. The number of aldehydes is 1. The fourth-order valence-electron chi connectivity index (χ4n) is 3.43. The van der Waals surface area contributed by atoms with Crippen LogP contribution in [-0.2, 0) is 33.4 Å². The van der Waals surface area contributed by atoms with Crippen molar-refractivity contribution in [2.24, 2.45) is 5.41 Å². The quantitative estimate of drug-likeness (QED) is 0.217. The maximum absolute atomic E-state index is 13.2. The largest absolute Gasteiger partial charge is 0.471 e. The fourth-order valence-corrected chi connectivity index (χ4v) is 3.43. The van der Waals surface area contributed by atoms with Gasteiger partial charge in [-0.1, -0.05) is 42.5 Å². The molecule has 0 spiro atoms. The first-order valence-corrected chi connectivity index (χ1v) is 9.91. The highest BCUT2D eigenvalue weighted by Gasteiger charge is 2.64. The highest BCUT2D eigenvalue weighted by Crippen LogP contribution is 2.47. The van der Waals surface area contributed by atoms with Crippen molar-refractivity contribution >= 4 is 30.2 Å². The van der Waals surface area contributed by atoms with Crippen LogP contribution < -0.4 is 0 Å². The molecular weight excluding hydrogens is 402 g/mol. The van der Waals surface area contributed by atoms with Crippen molar-refractivity contribution < 1.29 is 33.4 Å². The van der Waals surface area contributed by atoms with Crippen LogP contribution in [0.5, 0.6) is 0 Å². The Bertz CT molecular complexity index is 929. The summed E-state index contributed by atoms with van der Waals surface area (Å²) in [5.41, 5.74) is -1.50. The molecule has 164 valence electrons. The molecule has 1 aromatic rings. The zero-order chi connectivity index (χ0) is 22.6. The van der Waals surface area contributed by atoms with Gasteiger partial charge in [-0.2, -0.15) is 0 Å². The number of rotatable bonds is 7. The van der Waals surface area contributed by atoms with Crippen LogP contribution in [0.2, 0.25) is 0 Å². The first kappa shape index (κ1) is 22.3. The van der Waals surface area contributed by atoms with E-state index in [0.29, 0.717) is 6.29 Å². The summed E-state index contributed by atoms with van der Waals surface area (Å²) >= 11 is 0. The molecule has 1 unspecified atom stereocenters. The Kier molecular flexibility index (Phi) is 6.29. The van der Waals surface area contributed by atoms with Crippen LogP contribution in [0.3, 0.4) is 0 Å². The monoisotopic (exact) mass is 427 g/mol. The molecular formula is C23H25NO7. The van der Waals surface area contributed by atoms with Gasteiger partial charge in [0.1, 0.15) is 12.0 Å². The molecule has 2 aliphatic heterocycles. The lowest BCUT2D eigenvalue weighted by Gasteiger charge is -2.40. The Balaban J connectivity index is 1.85. The summed E-state index contributed by atoms with van der Waals surface area (Å²) < 4.78 is 15.9. The molecule has 0 N–H and O–H groups in total. The van der Waals surface area contributed by atoms with Gasteiger partial charge in [-0.25, -0.2) is 4.79 Å². The third-order valence-electron chi connectivity index (χ3n) is 5.06. The van der Waals surface area contributed by atoms with E-state index in [9.17, 15) is 19.2 Å². The van der Waals surface area contributed by atoms with E-state index < -0.39 is 35.9 Å². The average Bonchev–Trinajstić information content (AvgIpc) is 2.96. The summed E-state index contributed by atoms with van der Waals surface area (Å²) in [5, 5.41) is 0.